The van der Waals surface area contributed by atoms with Gasteiger partial charge in [-0.2, -0.15) is 4.31 Å². The van der Waals surface area contributed by atoms with E-state index >= 15 is 0 Å². The summed E-state index contributed by atoms with van der Waals surface area (Å²) in [5.74, 6) is 0.994. The molecule has 7 heteroatoms. The molecule has 18 heavy (non-hydrogen) atoms. The van der Waals surface area contributed by atoms with Gasteiger partial charge in [-0.25, -0.2) is 13.4 Å². The fourth-order valence-electron chi connectivity index (χ4n) is 2.11. The van der Waals surface area contributed by atoms with E-state index in [1.54, 1.807) is 6.92 Å². The average Bonchev–Trinajstić information content (AvgIpc) is 2.68. The molecule has 1 aliphatic rings. The van der Waals surface area contributed by atoms with Gasteiger partial charge in [0.2, 0.25) is 10.0 Å². The van der Waals surface area contributed by atoms with Crippen molar-refractivity contribution in [3.63, 3.8) is 0 Å². The molecule has 0 unspecified atom stereocenters. The lowest BCUT2D eigenvalue weighted by molar-refractivity contribution is 0.336. The number of sulfonamides is 1. The Kier molecular flexibility index (Phi) is 3.74. The van der Waals surface area contributed by atoms with Gasteiger partial charge in [0, 0.05) is 25.8 Å². The highest BCUT2D eigenvalue weighted by molar-refractivity contribution is 7.89. The maximum Gasteiger partial charge on any atom is 0.214 e. The van der Waals surface area contributed by atoms with E-state index in [0.29, 0.717) is 19.6 Å². The molecule has 0 aliphatic carbocycles. The fraction of sp³-hybridized carbons (Fsp3) is 0.727. The van der Waals surface area contributed by atoms with Crippen LogP contribution in [0.25, 0.3) is 0 Å². The zero-order valence-electron chi connectivity index (χ0n) is 11.1. The Morgan fingerprint density at radius 2 is 2.11 bits per heavy atom. The number of nitrogens with zero attached hydrogens (tertiary/aromatic N) is 4. The molecule has 1 aromatic heterocycles. The standard InChI is InChI=1S/C11H20N4O2S/c1-4-18(16,17)15-6-5-14-8-10(7-13(2)3)12-11(14)9-15/h8H,4-7,9H2,1-3H3. The molecule has 6 nitrogen and oxygen atoms in total. The molecule has 0 atom stereocenters. The first-order valence-electron chi connectivity index (χ1n) is 6.10. The summed E-state index contributed by atoms with van der Waals surface area (Å²) < 4.78 is 27.2. The van der Waals surface area contributed by atoms with Gasteiger partial charge in [-0.1, -0.05) is 0 Å². The van der Waals surface area contributed by atoms with E-state index in [9.17, 15) is 8.42 Å². The molecule has 0 aromatic carbocycles. The van der Waals surface area contributed by atoms with Crippen molar-refractivity contribution in [1.82, 2.24) is 18.8 Å². The van der Waals surface area contributed by atoms with Crippen LogP contribution in [0.2, 0.25) is 0 Å². The Morgan fingerprint density at radius 1 is 1.39 bits per heavy atom. The molecular weight excluding hydrogens is 252 g/mol. The Hall–Kier alpha value is -0.920. The normalized spacial score (nSPS) is 17.1. The highest BCUT2D eigenvalue weighted by Gasteiger charge is 2.26. The van der Waals surface area contributed by atoms with Crippen LogP contribution in [0.4, 0.5) is 0 Å². The maximum absolute atomic E-state index is 11.8. The predicted octanol–water partition coefficient (Wildman–Crippen LogP) is 0.110. The number of fused-ring (bicyclic) bond motifs is 1. The summed E-state index contributed by atoms with van der Waals surface area (Å²) in [6, 6.07) is 0. The van der Waals surface area contributed by atoms with Gasteiger partial charge in [-0.05, 0) is 21.0 Å². The summed E-state index contributed by atoms with van der Waals surface area (Å²) in [4.78, 5) is 6.55. The third kappa shape index (κ3) is 2.73. The van der Waals surface area contributed by atoms with Crippen molar-refractivity contribution < 1.29 is 8.42 Å². The van der Waals surface area contributed by atoms with Crippen molar-refractivity contribution in [2.24, 2.45) is 0 Å². The Labute approximate surface area is 108 Å². The summed E-state index contributed by atoms with van der Waals surface area (Å²) in [6.45, 7) is 4.08. The van der Waals surface area contributed by atoms with Crippen LogP contribution in [0.3, 0.4) is 0 Å². The highest BCUT2D eigenvalue weighted by Crippen LogP contribution is 2.16. The Bertz CT molecular complexity index is 521. The van der Waals surface area contributed by atoms with Crippen molar-refractivity contribution in [3.05, 3.63) is 17.7 Å². The molecule has 0 bridgehead atoms. The van der Waals surface area contributed by atoms with E-state index in [4.69, 9.17) is 0 Å². The first kappa shape index (κ1) is 13.5. The first-order valence-corrected chi connectivity index (χ1v) is 7.70. The minimum absolute atomic E-state index is 0.151. The second kappa shape index (κ2) is 4.99. The van der Waals surface area contributed by atoms with Gasteiger partial charge < -0.3 is 9.47 Å². The SMILES string of the molecule is CCS(=O)(=O)N1CCn2cc(CN(C)C)nc2C1. The van der Waals surface area contributed by atoms with E-state index in [0.717, 1.165) is 18.1 Å². The second-order valence-electron chi connectivity index (χ2n) is 4.81. The van der Waals surface area contributed by atoms with Crippen LogP contribution >= 0.6 is 0 Å². The van der Waals surface area contributed by atoms with Gasteiger partial charge in [-0.3, -0.25) is 0 Å². The molecular formula is C11H20N4O2S. The zero-order valence-corrected chi connectivity index (χ0v) is 11.9. The lowest BCUT2D eigenvalue weighted by atomic mass is 10.4. The van der Waals surface area contributed by atoms with E-state index in [1.165, 1.54) is 4.31 Å². The number of hydrogen-bond acceptors (Lipinski definition) is 4. The van der Waals surface area contributed by atoms with Gasteiger partial charge in [0.25, 0.3) is 0 Å². The van der Waals surface area contributed by atoms with E-state index in [2.05, 4.69) is 14.5 Å². The number of rotatable bonds is 4. The van der Waals surface area contributed by atoms with Crippen LogP contribution in [-0.2, 0) is 29.7 Å². The van der Waals surface area contributed by atoms with Crippen LogP contribution in [0.5, 0.6) is 0 Å². The maximum atomic E-state index is 11.8. The predicted molar refractivity (Wildman–Crippen MR) is 69.5 cm³/mol. The van der Waals surface area contributed by atoms with Crippen LogP contribution in [0, 0.1) is 0 Å². The monoisotopic (exact) mass is 272 g/mol. The van der Waals surface area contributed by atoms with Crippen LogP contribution in [0.15, 0.2) is 6.20 Å². The minimum Gasteiger partial charge on any atom is -0.332 e. The van der Waals surface area contributed by atoms with Gasteiger partial charge >= 0.3 is 0 Å². The lowest BCUT2D eigenvalue weighted by Crippen LogP contribution is -2.39. The molecule has 0 saturated carbocycles. The van der Waals surface area contributed by atoms with Crippen molar-refractivity contribution in [2.75, 3.05) is 26.4 Å². The van der Waals surface area contributed by atoms with E-state index < -0.39 is 10.0 Å². The molecule has 0 spiro atoms. The van der Waals surface area contributed by atoms with Gasteiger partial charge in [-0.15, -0.1) is 0 Å². The molecule has 1 aromatic rings. The van der Waals surface area contributed by atoms with E-state index in [-0.39, 0.29) is 5.75 Å². The molecule has 2 rings (SSSR count). The van der Waals surface area contributed by atoms with Crippen molar-refractivity contribution in [2.45, 2.75) is 26.6 Å². The van der Waals surface area contributed by atoms with Crippen LogP contribution in [0.1, 0.15) is 18.4 Å². The molecule has 0 N–H and O–H groups in total. The molecule has 0 radical (unpaired) electrons. The number of imidazole rings is 1. The summed E-state index contributed by atoms with van der Waals surface area (Å²) in [5.41, 5.74) is 0.991. The summed E-state index contributed by atoms with van der Waals surface area (Å²) in [7, 11) is 0.876. The average molecular weight is 272 g/mol. The van der Waals surface area contributed by atoms with Gasteiger partial charge in [0.15, 0.2) is 0 Å². The van der Waals surface area contributed by atoms with Crippen molar-refractivity contribution >= 4 is 10.0 Å². The lowest BCUT2D eigenvalue weighted by Gasteiger charge is -2.26. The topological polar surface area (TPSA) is 58.4 Å². The molecule has 2 heterocycles. The van der Waals surface area contributed by atoms with Gasteiger partial charge in [0.1, 0.15) is 5.82 Å². The third-order valence-corrected chi connectivity index (χ3v) is 4.88. The molecule has 0 saturated heterocycles. The summed E-state index contributed by atoms with van der Waals surface area (Å²) in [6.07, 6.45) is 2.02. The number of hydrogen-bond donors (Lipinski definition) is 0. The summed E-state index contributed by atoms with van der Waals surface area (Å²) in [5, 5.41) is 0. The largest absolute Gasteiger partial charge is 0.332 e. The molecule has 0 fully saturated rings. The Balaban J connectivity index is 2.17. The van der Waals surface area contributed by atoms with Crippen molar-refractivity contribution in [1.29, 1.82) is 0 Å². The molecule has 102 valence electrons. The smallest absolute Gasteiger partial charge is 0.214 e. The zero-order chi connectivity index (χ0) is 13.3. The van der Waals surface area contributed by atoms with Gasteiger partial charge in [0.05, 0.1) is 18.0 Å². The Morgan fingerprint density at radius 3 is 2.72 bits per heavy atom. The minimum atomic E-state index is -3.11. The van der Waals surface area contributed by atoms with Crippen molar-refractivity contribution in [3.8, 4) is 0 Å². The molecule has 0 amide bonds. The third-order valence-electron chi connectivity index (χ3n) is 3.05. The fourth-order valence-corrected chi connectivity index (χ4v) is 3.15. The quantitative estimate of drug-likeness (QED) is 0.780. The highest BCUT2D eigenvalue weighted by atomic mass is 32.2. The summed E-state index contributed by atoms with van der Waals surface area (Å²) >= 11 is 0. The van der Waals surface area contributed by atoms with Crippen LogP contribution < -0.4 is 0 Å². The first-order chi connectivity index (χ1) is 8.42. The van der Waals surface area contributed by atoms with Crippen LogP contribution in [-0.4, -0.2) is 53.6 Å². The molecule has 1 aliphatic heterocycles. The van der Waals surface area contributed by atoms with E-state index in [1.807, 2.05) is 20.3 Å². The number of aromatic nitrogens is 2. The second-order valence-corrected chi connectivity index (χ2v) is 7.07.